The summed E-state index contributed by atoms with van der Waals surface area (Å²) >= 11 is 0. The minimum absolute atomic E-state index is 0. The zero-order chi connectivity index (χ0) is 15.6. The van der Waals surface area contributed by atoms with Gasteiger partial charge in [0, 0.05) is 36.6 Å². The molecule has 0 radical (unpaired) electrons. The maximum Gasteiger partial charge on any atom is 0.162 e. The fourth-order valence-corrected chi connectivity index (χ4v) is 3.32. The van der Waals surface area contributed by atoms with E-state index in [4.69, 9.17) is 5.73 Å². The number of fused-ring (bicyclic) bond motifs is 1. The van der Waals surface area contributed by atoms with Gasteiger partial charge >= 0.3 is 0 Å². The fraction of sp³-hybridized carbons (Fsp3) is 0.333. The molecule has 1 aliphatic rings. The van der Waals surface area contributed by atoms with Crippen LogP contribution in [0.4, 0.5) is 0 Å². The summed E-state index contributed by atoms with van der Waals surface area (Å²) < 4.78 is 1.88. The monoisotopic (exact) mass is 379 g/mol. The first-order valence-corrected chi connectivity index (χ1v) is 8.13. The Bertz CT molecular complexity index is 806. The summed E-state index contributed by atoms with van der Waals surface area (Å²) in [6, 6.07) is 10.3. The number of hydrogen-bond donors (Lipinski definition) is 1. The number of aromatic nitrogens is 3. The molecule has 0 spiro atoms. The molecule has 2 N–H and O–H groups in total. The predicted octanol–water partition coefficient (Wildman–Crippen LogP) is 3.02. The molecule has 1 unspecified atom stereocenters. The summed E-state index contributed by atoms with van der Waals surface area (Å²) in [6.07, 6.45) is 7.15. The van der Waals surface area contributed by atoms with Gasteiger partial charge in [0.05, 0.1) is 6.20 Å². The van der Waals surface area contributed by atoms with Crippen molar-refractivity contribution in [2.75, 3.05) is 19.6 Å². The summed E-state index contributed by atoms with van der Waals surface area (Å²) in [6.45, 7) is 3.91. The molecule has 1 aromatic carbocycles. The van der Waals surface area contributed by atoms with E-state index in [2.05, 4.69) is 33.3 Å². The van der Waals surface area contributed by atoms with Gasteiger partial charge in [0.25, 0.3) is 0 Å². The van der Waals surface area contributed by atoms with Crippen molar-refractivity contribution < 1.29 is 0 Å². The van der Waals surface area contributed by atoms with Crippen LogP contribution in [0.1, 0.15) is 12.0 Å². The third-order valence-corrected chi connectivity index (χ3v) is 4.60. The van der Waals surface area contributed by atoms with Crippen LogP contribution in [0.5, 0.6) is 0 Å². The summed E-state index contributed by atoms with van der Waals surface area (Å²) in [5, 5.41) is 4.48. The Labute approximate surface area is 160 Å². The second-order valence-electron chi connectivity index (χ2n) is 6.28. The van der Waals surface area contributed by atoms with Crippen LogP contribution >= 0.6 is 24.8 Å². The molecule has 0 bridgehead atoms. The van der Waals surface area contributed by atoms with Gasteiger partial charge < -0.3 is 5.73 Å². The molecular weight excluding hydrogens is 357 g/mol. The van der Waals surface area contributed by atoms with Crippen molar-refractivity contribution >= 4 is 30.5 Å². The molecule has 1 atom stereocenters. The molecule has 2 aromatic heterocycles. The van der Waals surface area contributed by atoms with E-state index in [-0.39, 0.29) is 24.8 Å². The van der Waals surface area contributed by atoms with E-state index >= 15 is 0 Å². The average Bonchev–Trinajstić information content (AvgIpc) is 3.22. The van der Waals surface area contributed by atoms with E-state index in [0.717, 1.165) is 43.0 Å². The van der Waals surface area contributed by atoms with Crippen LogP contribution < -0.4 is 5.73 Å². The average molecular weight is 380 g/mol. The third kappa shape index (κ3) is 4.12. The molecule has 0 saturated carbocycles. The zero-order valence-electron chi connectivity index (χ0n) is 13.9. The molecule has 0 amide bonds. The number of hydrogen-bond acceptors (Lipinski definition) is 4. The molecule has 3 heterocycles. The standard InChI is InChI=1S/C18H21N5.2ClH/c19-8-14-6-7-22(11-14)12-15-9-20-18-17(10-21-23(18)13-15)16-4-2-1-3-5-16;;/h1-5,9-10,13-14H,6-8,11-12,19H2;2*1H. The van der Waals surface area contributed by atoms with Gasteiger partial charge in [-0.1, -0.05) is 30.3 Å². The minimum Gasteiger partial charge on any atom is -0.330 e. The van der Waals surface area contributed by atoms with Gasteiger partial charge in [0.2, 0.25) is 0 Å². The van der Waals surface area contributed by atoms with Crippen molar-refractivity contribution in [3.63, 3.8) is 0 Å². The summed E-state index contributed by atoms with van der Waals surface area (Å²) in [4.78, 5) is 7.09. The minimum atomic E-state index is 0. The molecule has 4 rings (SSSR count). The molecule has 1 saturated heterocycles. The lowest BCUT2D eigenvalue weighted by Crippen LogP contribution is -2.23. The van der Waals surface area contributed by atoms with Gasteiger partial charge in [-0.3, -0.25) is 4.90 Å². The van der Waals surface area contributed by atoms with Crippen LogP contribution in [0.3, 0.4) is 0 Å². The molecule has 134 valence electrons. The highest BCUT2D eigenvalue weighted by Gasteiger charge is 2.21. The Hall–Kier alpha value is -1.66. The van der Waals surface area contributed by atoms with Crippen molar-refractivity contribution in [1.82, 2.24) is 19.5 Å². The molecule has 1 aliphatic heterocycles. The molecular formula is C18H23Cl2N5. The van der Waals surface area contributed by atoms with Crippen LogP contribution in [-0.4, -0.2) is 39.1 Å². The number of likely N-dealkylation sites (tertiary alicyclic amines) is 1. The quantitative estimate of drug-likeness (QED) is 0.756. The predicted molar refractivity (Wildman–Crippen MR) is 105 cm³/mol. The lowest BCUT2D eigenvalue weighted by molar-refractivity contribution is 0.317. The third-order valence-electron chi connectivity index (χ3n) is 4.60. The topological polar surface area (TPSA) is 59.5 Å². The smallest absolute Gasteiger partial charge is 0.162 e. The van der Waals surface area contributed by atoms with Gasteiger partial charge in [-0.2, -0.15) is 5.10 Å². The van der Waals surface area contributed by atoms with Crippen LogP contribution in [0, 0.1) is 5.92 Å². The van der Waals surface area contributed by atoms with Gasteiger partial charge in [-0.15, -0.1) is 24.8 Å². The number of nitrogens with two attached hydrogens (primary N) is 1. The first kappa shape index (κ1) is 19.7. The Kier molecular flexibility index (Phi) is 6.79. The summed E-state index contributed by atoms with van der Waals surface area (Å²) in [5.41, 5.74) is 10.1. The van der Waals surface area contributed by atoms with E-state index in [1.807, 2.05) is 35.1 Å². The highest BCUT2D eigenvalue weighted by Crippen LogP contribution is 2.23. The Balaban J connectivity index is 0.00000113. The number of halogens is 2. The number of benzene rings is 1. The summed E-state index contributed by atoms with van der Waals surface area (Å²) in [7, 11) is 0. The Morgan fingerprint density at radius 1 is 1.12 bits per heavy atom. The Morgan fingerprint density at radius 2 is 1.92 bits per heavy atom. The van der Waals surface area contributed by atoms with Crippen molar-refractivity contribution in [3.8, 4) is 11.1 Å². The van der Waals surface area contributed by atoms with E-state index in [1.165, 1.54) is 12.0 Å². The maximum absolute atomic E-state index is 5.77. The molecule has 25 heavy (non-hydrogen) atoms. The van der Waals surface area contributed by atoms with Gasteiger partial charge in [-0.25, -0.2) is 9.50 Å². The van der Waals surface area contributed by atoms with Crippen LogP contribution in [0.15, 0.2) is 48.9 Å². The lowest BCUT2D eigenvalue weighted by atomic mass is 10.1. The molecule has 0 aliphatic carbocycles. The first-order valence-electron chi connectivity index (χ1n) is 8.13. The second kappa shape index (κ2) is 8.63. The van der Waals surface area contributed by atoms with Crippen LogP contribution in [0.25, 0.3) is 16.8 Å². The molecule has 3 aromatic rings. The number of rotatable bonds is 4. The normalized spacial score (nSPS) is 17.2. The molecule has 5 nitrogen and oxygen atoms in total. The first-order chi connectivity index (χ1) is 11.3. The molecule has 1 fully saturated rings. The van der Waals surface area contributed by atoms with Crippen molar-refractivity contribution in [2.45, 2.75) is 13.0 Å². The molecule has 7 heteroatoms. The fourth-order valence-electron chi connectivity index (χ4n) is 3.32. The van der Waals surface area contributed by atoms with Gasteiger partial charge in [0.1, 0.15) is 0 Å². The lowest BCUT2D eigenvalue weighted by Gasteiger charge is -2.15. The van der Waals surface area contributed by atoms with Crippen LogP contribution in [0.2, 0.25) is 0 Å². The van der Waals surface area contributed by atoms with Crippen LogP contribution in [-0.2, 0) is 6.54 Å². The van der Waals surface area contributed by atoms with E-state index in [0.29, 0.717) is 5.92 Å². The van der Waals surface area contributed by atoms with Gasteiger partial charge in [0.15, 0.2) is 5.65 Å². The highest BCUT2D eigenvalue weighted by atomic mass is 35.5. The number of nitrogens with zero attached hydrogens (tertiary/aromatic N) is 4. The van der Waals surface area contributed by atoms with Crippen molar-refractivity contribution in [2.24, 2.45) is 11.7 Å². The largest absolute Gasteiger partial charge is 0.330 e. The van der Waals surface area contributed by atoms with E-state index < -0.39 is 0 Å². The van der Waals surface area contributed by atoms with E-state index in [1.54, 1.807) is 0 Å². The maximum atomic E-state index is 5.77. The Morgan fingerprint density at radius 3 is 2.64 bits per heavy atom. The van der Waals surface area contributed by atoms with Crippen molar-refractivity contribution in [3.05, 3.63) is 54.5 Å². The zero-order valence-corrected chi connectivity index (χ0v) is 15.5. The van der Waals surface area contributed by atoms with E-state index in [9.17, 15) is 0 Å². The highest BCUT2D eigenvalue weighted by molar-refractivity contribution is 5.85. The van der Waals surface area contributed by atoms with Crippen molar-refractivity contribution in [1.29, 1.82) is 0 Å². The summed E-state index contributed by atoms with van der Waals surface area (Å²) in [5.74, 6) is 0.640. The SMILES string of the molecule is Cl.Cl.NCC1CCN(Cc2cnc3c(-c4ccccc4)cnn3c2)C1. The van der Waals surface area contributed by atoms with Gasteiger partial charge in [-0.05, 0) is 31.0 Å². The second-order valence-corrected chi connectivity index (χ2v) is 6.28.